The molecule has 1 aromatic rings. The van der Waals surface area contributed by atoms with Gasteiger partial charge in [-0.05, 0) is 37.3 Å². The van der Waals surface area contributed by atoms with E-state index in [2.05, 4.69) is 19.2 Å². The van der Waals surface area contributed by atoms with E-state index in [-0.39, 0.29) is 23.6 Å². The van der Waals surface area contributed by atoms with E-state index in [0.717, 1.165) is 0 Å². The summed E-state index contributed by atoms with van der Waals surface area (Å²) in [7, 11) is 0. The largest absolute Gasteiger partial charge is 0.489 e. The number of benzene rings is 1. The monoisotopic (exact) mass is 307 g/mol. The lowest BCUT2D eigenvalue weighted by molar-refractivity contribution is -0.117. The molecule has 1 aromatic carbocycles. The van der Waals surface area contributed by atoms with Crippen LogP contribution in [0.25, 0.3) is 6.08 Å². The molecule has 0 bridgehead atoms. The van der Waals surface area contributed by atoms with Crippen LogP contribution in [0.1, 0.15) is 40.2 Å². The first-order valence-corrected chi connectivity index (χ1v) is 7.71. The fraction of sp³-hybridized carbons (Fsp3) is 0.500. The number of halogens is 1. The van der Waals surface area contributed by atoms with Gasteiger partial charge in [0.15, 0.2) is 5.78 Å². The van der Waals surface area contributed by atoms with Crippen molar-refractivity contribution in [3.8, 4) is 5.75 Å². The first kappa shape index (κ1) is 18.4. The van der Waals surface area contributed by atoms with Crippen molar-refractivity contribution < 1.29 is 13.9 Å². The zero-order valence-corrected chi connectivity index (χ0v) is 14.0. The SMILES string of the molecule is CC(C)NC[C@@H](C)Oc1ccc(F)c(/C=C/C(=O)C(C)C)c1. The summed E-state index contributed by atoms with van der Waals surface area (Å²) in [4.78, 5) is 11.6. The van der Waals surface area contributed by atoms with Gasteiger partial charge in [0, 0.05) is 24.1 Å². The van der Waals surface area contributed by atoms with Gasteiger partial charge in [0.05, 0.1) is 0 Å². The Kier molecular flexibility index (Phi) is 7.25. The molecule has 0 aliphatic carbocycles. The van der Waals surface area contributed by atoms with Crippen molar-refractivity contribution in [2.75, 3.05) is 6.54 Å². The van der Waals surface area contributed by atoms with Gasteiger partial charge in [0.1, 0.15) is 17.7 Å². The molecule has 0 amide bonds. The molecule has 4 heteroatoms. The van der Waals surface area contributed by atoms with Gasteiger partial charge in [-0.3, -0.25) is 4.79 Å². The molecule has 1 N–H and O–H groups in total. The summed E-state index contributed by atoms with van der Waals surface area (Å²) in [6.45, 7) is 10.4. The fourth-order valence-corrected chi connectivity index (χ4v) is 1.76. The van der Waals surface area contributed by atoms with Crippen LogP contribution in [0.15, 0.2) is 24.3 Å². The Morgan fingerprint density at radius 3 is 2.55 bits per heavy atom. The van der Waals surface area contributed by atoms with E-state index in [1.807, 2.05) is 20.8 Å². The van der Waals surface area contributed by atoms with Crippen molar-refractivity contribution in [2.24, 2.45) is 5.92 Å². The van der Waals surface area contributed by atoms with Gasteiger partial charge < -0.3 is 10.1 Å². The number of hydrogen-bond donors (Lipinski definition) is 1. The highest BCUT2D eigenvalue weighted by atomic mass is 19.1. The predicted octanol–water partition coefficient (Wildman–Crippen LogP) is 3.83. The third kappa shape index (κ3) is 6.39. The molecular formula is C18H26FNO2. The molecule has 22 heavy (non-hydrogen) atoms. The standard InChI is InChI=1S/C18H26FNO2/c1-12(2)18(21)9-6-15-10-16(7-8-17(15)19)22-14(5)11-20-13(3)4/h6-10,12-14,20H,11H2,1-5H3/b9-6+/t14-/m1/s1. The predicted molar refractivity (Wildman–Crippen MR) is 88.5 cm³/mol. The summed E-state index contributed by atoms with van der Waals surface area (Å²) >= 11 is 0. The Bertz CT molecular complexity index is 524. The van der Waals surface area contributed by atoms with E-state index in [1.54, 1.807) is 12.1 Å². The average molecular weight is 307 g/mol. The third-order valence-corrected chi connectivity index (χ3v) is 3.11. The molecule has 1 rings (SSSR count). The normalized spacial score (nSPS) is 13.1. The molecule has 0 aliphatic rings. The van der Waals surface area contributed by atoms with Gasteiger partial charge in [-0.15, -0.1) is 0 Å². The van der Waals surface area contributed by atoms with Gasteiger partial charge in [-0.25, -0.2) is 4.39 Å². The Balaban J connectivity index is 2.75. The minimum atomic E-state index is -0.367. The number of hydrogen-bond acceptors (Lipinski definition) is 3. The first-order chi connectivity index (χ1) is 10.3. The molecule has 0 aliphatic heterocycles. The van der Waals surface area contributed by atoms with Crippen LogP contribution < -0.4 is 10.1 Å². The second-order valence-corrected chi connectivity index (χ2v) is 6.07. The Labute approximate surface area is 132 Å². The Morgan fingerprint density at radius 1 is 1.27 bits per heavy atom. The van der Waals surface area contributed by atoms with Gasteiger partial charge in [0.25, 0.3) is 0 Å². The maximum Gasteiger partial charge on any atom is 0.158 e. The van der Waals surface area contributed by atoms with Crippen LogP contribution in [-0.2, 0) is 4.79 Å². The first-order valence-electron chi connectivity index (χ1n) is 7.71. The number of allylic oxidation sites excluding steroid dienone is 1. The summed E-state index contributed by atoms with van der Waals surface area (Å²) < 4.78 is 19.5. The second-order valence-electron chi connectivity index (χ2n) is 6.07. The third-order valence-electron chi connectivity index (χ3n) is 3.11. The summed E-state index contributed by atoms with van der Waals surface area (Å²) in [6.07, 6.45) is 2.89. The minimum absolute atomic E-state index is 0.0259. The number of ketones is 1. The Hall–Kier alpha value is -1.68. The van der Waals surface area contributed by atoms with E-state index >= 15 is 0 Å². The van der Waals surface area contributed by atoms with Crippen LogP contribution in [0.2, 0.25) is 0 Å². The van der Waals surface area contributed by atoms with Crippen LogP contribution in [0, 0.1) is 11.7 Å². The topological polar surface area (TPSA) is 38.3 Å². The summed E-state index contributed by atoms with van der Waals surface area (Å²) in [5.41, 5.74) is 0.357. The molecule has 0 unspecified atom stereocenters. The summed E-state index contributed by atoms with van der Waals surface area (Å²) in [5, 5.41) is 3.29. The fourth-order valence-electron chi connectivity index (χ4n) is 1.76. The van der Waals surface area contributed by atoms with E-state index in [9.17, 15) is 9.18 Å². The molecule has 0 spiro atoms. The average Bonchev–Trinajstić information content (AvgIpc) is 2.45. The second kappa shape index (κ2) is 8.69. The van der Waals surface area contributed by atoms with Crippen LogP contribution in [-0.4, -0.2) is 24.5 Å². The zero-order chi connectivity index (χ0) is 16.7. The minimum Gasteiger partial charge on any atom is -0.489 e. The van der Waals surface area contributed by atoms with Crippen molar-refractivity contribution in [2.45, 2.75) is 46.8 Å². The molecule has 3 nitrogen and oxygen atoms in total. The molecule has 122 valence electrons. The quantitative estimate of drug-likeness (QED) is 0.742. The molecule has 1 atom stereocenters. The molecule has 0 radical (unpaired) electrons. The number of rotatable bonds is 8. The highest BCUT2D eigenvalue weighted by molar-refractivity contribution is 5.94. The van der Waals surface area contributed by atoms with E-state index < -0.39 is 0 Å². The van der Waals surface area contributed by atoms with Crippen molar-refractivity contribution in [1.82, 2.24) is 5.32 Å². The maximum absolute atomic E-state index is 13.8. The lowest BCUT2D eigenvalue weighted by atomic mass is 10.1. The Morgan fingerprint density at radius 2 is 1.95 bits per heavy atom. The number of carbonyl (C=O) groups excluding carboxylic acids is 1. The van der Waals surface area contributed by atoms with Crippen molar-refractivity contribution in [3.05, 3.63) is 35.7 Å². The van der Waals surface area contributed by atoms with Crippen molar-refractivity contribution in [1.29, 1.82) is 0 Å². The highest BCUT2D eigenvalue weighted by Gasteiger charge is 2.08. The number of carbonyl (C=O) groups is 1. The molecule has 0 heterocycles. The van der Waals surface area contributed by atoms with Crippen LogP contribution in [0.3, 0.4) is 0 Å². The molecule has 0 aromatic heterocycles. The van der Waals surface area contributed by atoms with Crippen LogP contribution in [0.5, 0.6) is 5.75 Å². The van der Waals surface area contributed by atoms with Gasteiger partial charge >= 0.3 is 0 Å². The van der Waals surface area contributed by atoms with Crippen LogP contribution in [0.4, 0.5) is 4.39 Å². The van der Waals surface area contributed by atoms with Gasteiger partial charge in [0.2, 0.25) is 0 Å². The molecule has 0 saturated heterocycles. The van der Waals surface area contributed by atoms with E-state index in [1.165, 1.54) is 18.2 Å². The maximum atomic E-state index is 13.8. The molecule has 0 fully saturated rings. The lowest BCUT2D eigenvalue weighted by Crippen LogP contribution is -2.33. The lowest BCUT2D eigenvalue weighted by Gasteiger charge is -2.17. The van der Waals surface area contributed by atoms with Crippen molar-refractivity contribution in [3.63, 3.8) is 0 Å². The van der Waals surface area contributed by atoms with Gasteiger partial charge in [-0.1, -0.05) is 27.7 Å². The highest BCUT2D eigenvalue weighted by Crippen LogP contribution is 2.19. The van der Waals surface area contributed by atoms with Crippen molar-refractivity contribution >= 4 is 11.9 Å². The molecule has 0 saturated carbocycles. The number of nitrogens with one attached hydrogen (secondary N) is 1. The van der Waals surface area contributed by atoms with E-state index in [0.29, 0.717) is 23.9 Å². The van der Waals surface area contributed by atoms with Crippen LogP contribution >= 0.6 is 0 Å². The summed E-state index contributed by atoms with van der Waals surface area (Å²) in [6, 6.07) is 4.96. The zero-order valence-electron chi connectivity index (χ0n) is 14.0. The number of ether oxygens (including phenoxy) is 1. The summed E-state index contributed by atoms with van der Waals surface area (Å²) in [5.74, 6) is 0.102. The smallest absolute Gasteiger partial charge is 0.158 e. The van der Waals surface area contributed by atoms with E-state index in [4.69, 9.17) is 4.74 Å². The molecular weight excluding hydrogens is 281 g/mol. The van der Waals surface area contributed by atoms with Gasteiger partial charge in [-0.2, -0.15) is 0 Å².